The van der Waals surface area contributed by atoms with Crippen LogP contribution in [0.5, 0.6) is 0 Å². The Balaban J connectivity index is 1.54. The molecule has 0 saturated heterocycles. The molecule has 0 aromatic heterocycles. The Morgan fingerprint density at radius 1 is 1.10 bits per heavy atom. The first-order valence-electron chi connectivity index (χ1n) is 13.1. The minimum Gasteiger partial charge on any atom is -0.387 e. The van der Waals surface area contributed by atoms with Crippen molar-refractivity contribution in [1.82, 2.24) is 0 Å². The van der Waals surface area contributed by atoms with Gasteiger partial charge in [0.15, 0.2) is 27.3 Å². The maximum atomic E-state index is 13.8. The number of ether oxygens (including phenoxy) is 3. The van der Waals surface area contributed by atoms with Crippen LogP contribution in [0.15, 0.2) is 35.2 Å². The van der Waals surface area contributed by atoms with E-state index in [0.717, 1.165) is 6.07 Å². The molecule has 2 aliphatic carbocycles. The average molecular weight is 620 g/mol. The summed E-state index contributed by atoms with van der Waals surface area (Å²) in [6, 6.07) is 4.86. The van der Waals surface area contributed by atoms with Gasteiger partial charge in [0.1, 0.15) is 6.10 Å². The molecule has 0 radical (unpaired) electrons. The lowest BCUT2D eigenvalue weighted by molar-refractivity contribution is -0.148. The summed E-state index contributed by atoms with van der Waals surface area (Å²) >= 11 is 6.30. The topological polar surface area (TPSA) is 111 Å². The van der Waals surface area contributed by atoms with E-state index < -0.39 is 44.0 Å². The van der Waals surface area contributed by atoms with E-state index in [2.05, 4.69) is 5.32 Å². The highest BCUT2D eigenvalue weighted by atomic mass is 35.5. The summed E-state index contributed by atoms with van der Waals surface area (Å²) in [5.41, 5.74) is -1.70. The zero-order valence-electron chi connectivity index (χ0n) is 22.8. The molecule has 0 spiro atoms. The SMILES string of the molecule is COCC(COC)OC[C@@]1(O)C2CC(S(=O)(=O)c3cc(C(=O)Nc4cc(F)c(F)c(F)c4)ccc3Cl)CC1[C@@H](C)C2. The van der Waals surface area contributed by atoms with E-state index in [9.17, 15) is 31.5 Å². The van der Waals surface area contributed by atoms with Crippen LogP contribution in [0.2, 0.25) is 5.02 Å². The first kappa shape index (κ1) is 31.7. The molecule has 2 aromatic carbocycles. The fraction of sp³-hybridized carbons (Fsp3) is 0.536. The number of anilines is 1. The molecule has 41 heavy (non-hydrogen) atoms. The molecule has 226 valence electrons. The highest BCUT2D eigenvalue weighted by Gasteiger charge is 2.58. The molecule has 2 aromatic rings. The highest BCUT2D eigenvalue weighted by molar-refractivity contribution is 7.92. The quantitative estimate of drug-likeness (QED) is 0.353. The minimum absolute atomic E-state index is 0.0117. The van der Waals surface area contributed by atoms with E-state index in [1.165, 1.54) is 26.4 Å². The Morgan fingerprint density at radius 2 is 1.73 bits per heavy atom. The van der Waals surface area contributed by atoms with Gasteiger partial charge in [-0.15, -0.1) is 0 Å². The fourth-order valence-electron chi connectivity index (χ4n) is 6.16. The van der Waals surface area contributed by atoms with Crippen molar-refractivity contribution in [3.63, 3.8) is 0 Å². The van der Waals surface area contributed by atoms with Crippen LogP contribution in [-0.4, -0.2) is 70.4 Å². The van der Waals surface area contributed by atoms with Crippen LogP contribution in [0.1, 0.15) is 36.5 Å². The smallest absolute Gasteiger partial charge is 0.255 e. The lowest BCUT2D eigenvalue weighted by atomic mass is 9.73. The number of aliphatic hydroxyl groups is 1. The molecular weight excluding hydrogens is 587 g/mol. The molecule has 3 unspecified atom stereocenters. The van der Waals surface area contributed by atoms with Crippen molar-refractivity contribution in [1.29, 1.82) is 0 Å². The van der Waals surface area contributed by atoms with Crippen molar-refractivity contribution in [3.05, 3.63) is 58.4 Å². The summed E-state index contributed by atoms with van der Waals surface area (Å²) in [6.07, 6.45) is 0.570. The normalized spacial score (nSPS) is 26.0. The second kappa shape index (κ2) is 12.6. The number of amides is 1. The van der Waals surface area contributed by atoms with Crippen molar-refractivity contribution in [3.8, 4) is 0 Å². The van der Waals surface area contributed by atoms with Gasteiger partial charge >= 0.3 is 0 Å². The number of carbonyl (C=O) groups is 1. The Labute approximate surface area is 242 Å². The van der Waals surface area contributed by atoms with Gasteiger partial charge < -0.3 is 24.6 Å². The number of carbonyl (C=O) groups excluding carboxylic acids is 1. The monoisotopic (exact) mass is 619 g/mol. The number of rotatable bonds is 11. The molecule has 2 fully saturated rings. The van der Waals surface area contributed by atoms with E-state index in [0.29, 0.717) is 18.6 Å². The van der Waals surface area contributed by atoms with Crippen molar-refractivity contribution < 1.29 is 45.7 Å². The van der Waals surface area contributed by atoms with Crippen molar-refractivity contribution in [2.45, 2.75) is 48.0 Å². The number of sulfone groups is 1. The van der Waals surface area contributed by atoms with E-state index in [1.54, 1.807) is 0 Å². The molecule has 0 aliphatic heterocycles. The third-order valence-electron chi connectivity index (χ3n) is 8.19. The zero-order chi connectivity index (χ0) is 30.1. The van der Waals surface area contributed by atoms with Crippen LogP contribution in [-0.2, 0) is 24.0 Å². The second-order valence-electron chi connectivity index (χ2n) is 10.8. The van der Waals surface area contributed by atoms with Crippen LogP contribution >= 0.6 is 11.6 Å². The predicted molar refractivity (Wildman–Crippen MR) is 145 cm³/mol. The van der Waals surface area contributed by atoms with Crippen molar-refractivity contribution in [2.24, 2.45) is 17.8 Å². The Hall–Kier alpha value is -2.22. The number of hydrogen-bond donors (Lipinski definition) is 2. The minimum atomic E-state index is -4.06. The Kier molecular flexibility index (Phi) is 9.72. The van der Waals surface area contributed by atoms with E-state index in [4.69, 9.17) is 25.8 Å². The molecule has 0 heterocycles. The van der Waals surface area contributed by atoms with Gasteiger partial charge in [0.2, 0.25) is 0 Å². The summed E-state index contributed by atoms with van der Waals surface area (Å²) in [5.74, 6) is -6.19. The summed E-state index contributed by atoms with van der Waals surface area (Å²) in [7, 11) is -0.989. The highest BCUT2D eigenvalue weighted by Crippen LogP contribution is 2.55. The van der Waals surface area contributed by atoms with Crippen LogP contribution < -0.4 is 5.32 Å². The molecule has 2 bridgehead atoms. The molecule has 4 rings (SSSR count). The number of hydrogen-bond acceptors (Lipinski definition) is 7. The van der Waals surface area contributed by atoms with Crippen LogP contribution in [0, 0.1) is 35.2 Å². The van der Waals surface area contributed by atoms with Gasteiger partial charge in [0, 0.05) is 37.6 Å². The number of halogens is 4. The summed E-state index contributed by atoms with van der Waals surface area (Å²) in [4.78, 5) is 12.5. The van der Waals surface area contributed by atoms with Gasteiger partial charge in [0.25, 0.3) is 5.91 Å². The summed E-state index contributed by atoms with van der Waals surface area (Å²) < 4.78 is 84.4. The number of benzene rings is 2. The second-order valence-corrected chi connectivity index (χ2v) is 13.4. The Bertz CT molecular complexity index is 1370. The summed E-state index contributed by atoms with van der Waals surface area (Å²) in [6.45, 7) is 2.54. The molecular formula is C28H33ClF3NO7S. The Morgan fingerprint density at radius 3 is 2.32 bits per heavy atom. The molecule has 2 N–H and O–H groups in total. The summed E-state index contributed by atoms with van der Waals surface area (Å²) in [5, 5.41) is 13.0. The first-order valence-corrected chi connectivity index (χ1v) is 15.0. The number of methoxy groups -OCH3 is 2. The average Bonchev–Trinajstić information content (AvgIpc) is 3.03. The maximum Gasteiger partial charge on any atom is 0.255 e. The fourth-order valence-corrected chi connectivity index (χ4v) is 8.54. The number of fused-ring (bicyclic) bond motifs is 2. The molecule has 1 amide bonds. The largest absolute Gasteiger partial charge is 0.387 e. The van der Waals surface area contributed by atoms with Crippen molar-refractivity contribution in [2.75, 3.05) is 39.4 Å². The maximum absolute atomic E-state index is 13.8. The van der Waals surface area contributed by atoms with Crippen LogP contribution in [0.25, 0.3) is 0 Å². The molecule has 2 saturated carbocycles. The van der Waals surface area contributed by atoms with E-state index in [-0.39, 0.29) is 77.7 Å². The van der Waals surface area contributed by atoms with Gasteiger partial charge in [0.05, 0.1) is 40.6 Å². The zero-order valence-corrected chi connectivity index (χ0v) is 24.4. The van der Waals surface area contributed by atoms with E-state index >= 15 is 0 Å². The third kappa shape index (κ3) is 6.42. The van der Waals surface area contributed by atoms with Crippen LogP contribution in [0.4, 0.5) is 18.9 Å². The van der Waals surface area contributed by atoms with E-state index in [1.807, 2.05) is 6.92 Å². The molecule has 8 nitrogen and oxygen atoms in total. The van der Waals surface area contributed by atoms with Crippen molar-refractivity contribution >= 4 is 33.0 Å². The third-order valence-corrected chi connectivity index (χ3v) is 10.8. The first-order chi connectivity index (χ1) is 19.3. The lowest BCUT2D eigenvalue weighted by Gasteiger charge is -2.43. The van der Waals surface area contributed by atoms with Gasteiger partial charge in [-0.3, -0.25) is 4.79 Å². The number of nitrogens with one attached hydrogen (secondary N) is 1. The molecule has 2 aliphatic rings. The lowest BCUT2D eigenvalue weighted by Crippen LogP contribution is -2.52. The van der Waals surface area contributed by atoms with Gasteiger partial charge in [-0.25, -0.2) is 21.6 Å². The van der Waals surface area contributed by atoms with Gasteiger partial charge in [-0.05, 0) is 55.2 Å². The van der Waals surface area contributed by atoms with Crippen LogP contribution in [0.3, 0.4) is 0 Å². The van der Waals surface area contributed by atoms with Gasteiger partial charge in [-0.1, -0.05) is 18.5 Å². The van der Waals surface area contributed by atoms with Gasteiger partial charge in [-0.2, -0.15) is 0 Å². The predicted octanol–water partition coefficient (Wildman–Crippen LogP) is 4.63. The standard InChI is InChI=1S/C28H33ClF3NO7S/c1-15-6-17-8-20(11-21(15)28(17,35)14-40-19(12-38-2)13-39-3)41(36,37)25-7-16(4-5-22(25)29)27(34)33-18-9-23(30)26(32)24(31)10-18/h4-5,7,9-10,15,17,19-21,35H,6,8,11-14H2,1-3H3,(H,33,34)/t15-,17?,20?,21?,28+/m0/s1. The molecule has 13 heteroatoms. The molecule has 5 atom stereocenters.